The molecule has 18 heteroatoms. The fraction of sp³-hybridized carbons (Fsp3) is 0.532. The molecule has 4 fully saturated rings. The van der Waals surface area contributed by atoms with Crippen LogP contribution in [0.2, 0.25) is 0 Å². The average Bonchev–Trinajstić information content (AvgIpc) is 3.70. The topological polar surface area (TPSA) is 227 Å². The Kier molecular flexibility index (Phi) is 13.1. The third-order valence-electron chi connectivity index (χ3n) is 13.3. The zero-order valence-corrected chi connectivity index (χ0v) is 36.4. The number of phenolic OH excluding ortho intramolecular Hbond substituents is 2. The van der Waals surface area contributed by atoms with Crippen molar-refractivity contribution in [2.75, 3.05) is 47.2 Å². The van der Waals surface area contributed by atoms with Crippen molar-refractivity contribution in [3.8, 4) is 17.2 Å². The van der Waals surface area contributed by atoms with Crippen LogP contribution < -0.4 is 10.1 Å². The maximum atomic E-state index is 14.2. The normalized spacial score (nSPS) is 30.7. The van der Waals surface area contributed by atoms with Gasteiger partial charge < -0.3 is 63.3 Å². The summed E-state index contributed by atoms with van der Waals surface area (Å²) in [6.45, 7) is 2.52. The number of ketones is 3. The Balaban J connectivity index is 0.936. The highest BCUT2D eigenvalue weighted by Gasteiger charge is 2.55. The van der Waals surface area contributed by atoms with E-state index in [1.807, 2.05) is 37.3 Å². The van der Waals surface area contributed by atoms with Crippen molar-refractivity contribution >= 4 is 23.3 Å². The van der Waals surface area contributed by atoms with Gasteiger partial charge in [-0.15, -0.1) is 0 Å². The van der Waals surface area contributed by atoms with Gasteiger partial charge in [0.2, 0.25) is 11.7 Å². The van der Waals surface area contributed by atoms with Gasteiger partial charge >= 0.3 is 0 Å². The van der Waals surface area contributed by atoms with E-state index in [0.717, 1.165) is 5.56 Å². The fourth-order valence-electron chi connectivity index (χ4n) is 10.1. The minimum Gasteiger partial charge on any atom is -0.507 e. The minimum absolute atomic E-state index is 0.0441. The van der Waals surface area contributed by atoms with Gasteiger partial charge in [-0.1, -0.05) is 42.5 Å². The number of hydrogen-bond donors (Lipinski definition) is 4. The van der Waals surface area contributed by atoms with E-state index in [4.69, 9.17) is 42.6 Å². The molecule has 0 spiro atoms. The highest BCUT2D eigenvalue weighted by atomic mass is 16.7. The van der Waals surface area contributed by atoms with Gasteiger partial charge in [0.05, 0.1) is 55.3 Å². The zero-order valence-electron chi connectivity index (χ0n) is 36.4. The van der Waals surface area contributed by atoms with E-state index in [1.165, 1.54) is 25.3 Å². The average molecular weight is 903 g/mol. The lowest BCUT2D eigenvalue weighted by Crippen LogP contribution is -2.55. The number of rotatable bonds is 14. The quantitative estimate of drug-likeness (QED) is 0.133. The number of aromatic hydroxyl groups is 2. The summed E-state index contributed by atoms with van der Waals surface area (Å²) in [7, 11) is 2.89. The number of nitrogens with one attached hydrogen (secondary N) is 1. The lowest BCUT2D eigenvalue weighted by molar-refractivity contribution is -0.256. The van der Waals surface area contributed by atoms with Crippen LogP contribution in [-0.2, 0) is 60.4 Å². The molecule has 2 aliphatic carbocycles. The number of fused-ring (bicyclic) bond motifs is 6. The summed E-state index contributed by atoms with van der Waals surface area (Å²) in [5.74, 6) is -3.75. The molecule has 10 atom stereocenters. The molecule has 3 aromatic rings. The van der Waals surface area contributed by atoms with Crippen molar-refractivity contribution in [2.45, 2.75) is 113 Å². The summed E-state index contributed by atoms with van der Waals surface area (Å²) in [6.07, 6.45) is -4.49. The summed E-state index contributed by atoms with van der Waals surface area (Å²) >= 11 is 0. The second-order valence-electron chi connectivity index (χ2n) is 17.3. The van der Waals surface area contributed by atoms with Gasteiger partial charge in [0.15, 0.2) is 36.7 Å². The first-order chi connectivity index (χ1) is 31.4. The first-order valence-corrected chi connectivity index (χ1v) is 22.0. The Morgan fingerprint density at radius 2 is 1.72 bits per heavy atom. The molecule has 4 N–H and O–H groups in total. The van der Waals surface area contributed by atoms with Crippen LogP contribution in [-0.4, -0.2) is 146 Å². The van der Waals surface area contributed by atoms with E-state index in [0.29, 0.717) is 39.0 Å². The summed E-state index contributed by atoms with van der Waals surface area (Å²) in [6, 6.07) is 13.8. The lowest BCUT2D eigenvalue weighted by atomic mass is 9.72. The van der Waals surface area contributed by atoms with Crippen LogP contribution in [0.25, 0.3) is 0 Å². The van der Waals surface area contributed by atoms with Gasteiger partial charge in [0, 0.05) is 62.2 Å². The highest BCUT2D eigenvalue weighted by molar-refractivity contribution is 6.31. The Morgan fingerprint density at radius 1 is 0.923 bits per heavy atom. The van der Waals surface area contributed by atoms with Gasteiger partial charge in [-0.2, -0.15) is 0 Å². The molecule has 3 unspecified atom stereocenters. The van der Waals surface area contributed by atoms with Crippen molar-refractivity contribution in [2.24, 2.45) is 0 Å². The number of Topliss-reactive ketones (excluding diaryl/α,β-unsaturated/α-hetero) is 1. The molecule has 1 amide bonds. The largest absolute Gasteiger partial charge is 0.507 e. The van der Waals surface area contributed by atoms with E-state index < -0.39 is 108 Å². The minimum atomic E-state index is -2.26. The van der Waals surface area contributed by atoms with Gasteiger partial charge in [0.1, 0.15) is 42.2 Å². The van der Waals surface area contributed by atoms with Crippen molar-refractivity contribution < 1.29 is 77.1 Å². The van der Waals surface area contributed by atoms with Crippen molar-refractivity contribution in [1.82, 2.24) is 10.2 Å². The molecule has 6 aliphatic rings. The number of morpholine rings is 1. The Labute approximate surface area is 374 Å². The molecule has 9 rings (SSSR count). The molecular weight excluding hydrogens is 849 g/mol. The van der Waals surface area contributed by atoms with Crippen LogP contribution in [0.1, 0.15) is 93.7 Å². The summed E-state index contributed by atoms with van der Waals surface area (Å²) in [5.41, 5.74) is -2.52. The number of amides is 1. The Morgan fingerprint density at radius 3 is 2.51 bits per heavy atom. The zero-order chi connectivity index (χ0) is 45.6. The van der Waals surface area contributed by atoms with Gasteiger partial charge in [0.25, 0.3) is 0 Å². The van der Waals surface area contributed by atoms with E-state index in [9.17, 15) is 34.5 Å². The molecule has 65 heavy (non-hydrogen) atoms. The van der Waals surface area contributed by atoms with Gasteiger partial charge in [-0.3, -0.25) is 24.1 Å². The smallest absolute Gasteiger partial charge is 0.246 e. The van der Waals surface area contributed by atoms with E-state index >= 15 is 0 Å². The molecular formula is C47H54N2O16. The van der Waals surface area contributed by atoms with Crippen LogP contribution in [0.3, 0.4) is 0 Å². The van der Waals surface area contributed by atoms with Crippen LogP contribution in [0, 0.1) is 0 Å². The maximum Gasteiger partial charge on any atom is 0.246 e. The molecule has 3 aromatic carbocycles. The van der Waals surface area contributed by atoms with Crippen molar-refractivity contribution in [3.63, 3.8) is 0 Å². The van der Waals surface area contributed by atoms with E-state index in [2.05, 4.69) is 10.2 Å². The lowest BCUT2D eigenvalue weighted by Gasteiger charge is -2.43. The number of aliphatic hydroxyl groups is 1. The second kappa shape index (κ2) is 18.8. The molecule has 0 radical (unpaired) electrons. The van der Waals surface area contributed by atoms with E-state index in [1.54, 1.807) is 7.11 Å². The monoisotopic (exact) mass is 902 g/mol. The summed E-state index contributed by atoms with van der Waals surface area (Å²) in [5, 5.41) is 39.3. The standard InChI is InChI=1S/C47H54N2O16/c1-24-44-29(49-15-16-60-46(58-3)45(49)65-44)17-35(62-24)64-31-19-47(56,18-28-37(31)43(55)39-38(41(28)53)40(52)27-12-8-13-30(57-2)36(27)42(39)54)32(50)22-61-34-14-7-11-26(63-34)21-59-23-33(51)48-20-25-9-5-4-6-10-25/h4-6,8-10,12-13,24,26,29,31,34-35,44-46,53,55-56H,7,11,14-23H2,1-3H3,(H,48,51)/t24-,26?,29-,31-,34?,35-,44?,45+,46-,47-/m0/s1. The number of methoxy groups -OCH3 is 2. The molecule has 0 bridgehead atoms. The number of phenols is 2. The van der Waals surface area contributed by atoms with Crippen LogP contribution >= 0.6 is 0 Å². The highest BCUT2D eigenvalue weighted by Crippen LogP contribution is 2.53. The number of ether oxygens (including phenoxy) is 9. The Bertz CT molecular complexity index is 2310. The molecule has 0 saturated carbocycles. The summed E-state index contributed by atoms with van der Waals surface area (Å²) < 4.78 is 53.8. The van der Waals surface area contributed by atoms with Crippen LogP contribution in [0.4, 0.5) is 0 Å². The maximum absolute atomic E-state index is 14.2. The number of carbonyl (C=O) groups is 4. The fourth-order valence-corrected chi connectivity index (χ4v) is 10.1. The van der Waals surface area contributed by atoms with Gasteiger partial charge in [-0.25, -0.2) is 0 Å². The van der Waals surface area contributed by atoms with Crippen molar-refractivity contribution in [3.05, 3.63) is 87.5 Å². The van der Waals surface area contributed by atoms with Crippen LogP contribution in [0.15, 0.2) is 48.5 Å². The number of benzene rings is 3. The number of hydrogen-bond acceptors (Lipinski definition) is 17. The summed E-state index contributed by atoms with van der Waals surface area (Å²) in [4.78, 5) is 57.1. The predicted molar refractivity (Wildman–Crippen MR) is 224 cm³/mol. The first kappa shape index (κ1) is 45.3. The van der Waals surface area contributed by atoms with Crippen molar-refractivity contribution in [1.29, 1.82) is 0 Å². The Hall–Kier alpha value is -4.86. The van der Waals surface area contributed by atoms with Crippen LogP contribution in [0.5, 0.6) is 17.2 Å². The second-order valence-corrected chi connectivity index (χ2v) is 17.3. The molecule has 348 valence electrons. The SMILES string of the molecule is COc1cccc2c1C(=O)c1c(O)c3c(c(O)c1C2=O)C[C@@](O)(C(=O)COC1CCCC(COCC(=O)NCc2ccccc2)O1)C[C@@H]3O[C@H]1C[C@H]2C(O[C@@H]3[C@@H](OC)OCCN32)[C@H](C)O1. The third kappa shape index (κ3) is 8.68. The molecule has 0 aromatic heterocycles. The van der Waals surface area contributed by atoms with E-state index in [-0.39, 0.29) is 65.7 Å². The first-order valence-electron chi connectivity index (χ1n) is 22.0. The number of carbonyl (C=O) groups excluding carboxylic acids is 4. The van der Waals surface area contributed by atoms with Gasteiger partial charge in [-0.05, 0) is 37.8 Å². The molecule has 4 saturated heterocycles. The molecule has 4 aliphatic heterocycles. The predicted octanol–water partition coefficient (Wildman–Crippen LogP) is 2.96. The molecule has 4 heterocycles. The third-order valence-corrected chi connectivity index (χ3v) is 13.3. The molecule has 18 nitrogen and oxygen atoms in total. The number of nitrogens with zero attached hydrogens (tertiary/aromatic N) is 1.